The van der Waals surface area contributed by atoms with Crippen LogP contribution in [0.25, 0.3) is 0 Å². The number of rotatable bonds is 3. The van der Waals surface area contributed by atoms with E-state index in [-0.39, 0.29) is 24.2 Å². The molecule has 0 spiro atoms. The summed E-state index contributed by atoms with van der Waals surface area (Å²) >= 11 is 1.49. The average Bonchev–Trinajstić information content (AvgIpc) is 2.53. The minimum atomic E-state index is -0.0753. The van der Waals surface area contributed by atoms with Crippen LogP contribution in [-0.2, 0) is 0 Å². The molecule has 1 rings (SSSR count). The Hall–Kier alpha value is -0.380. The lowest BCUT2D eigenvalue weighted by Crippen LogP contribution is -2.30. The number of ketones is 1. The number of likely N-dealkylation sites (N-methyl/N-ethyl adjacent to an activating group) is 1. The van der Waals surface area contributed by atoms with Crippen LogP contribution < -0.4 is 5.32 Å². The summed E-state index contributed by atoms with van der Waals surface area (Å²) in [5.41, 5.74) is 0. The summed E-state index contributed by atoms with van der Waals surface area (Å²) in [5.74, 6) is 0.169. The molecule has 0 aliphatic rings. The molecule has 1 N–H and O–H groups in total. The van der Waals surface area contributed by atoms with E-state index in [1.807, 2.05) is 24.4 Å². The molecule has 1 heterocycles. The van der Waals surface area contributed by atoms with Crippen LogP contribution in [0.15, 0.2) is 17.5 Å². The van der Waals surface area contributed by atoms with Crippen molar-refractivity contribution in [2.75, 3.05) is 7.05 Å². The summed E-state index contributed by atoms with van der Waals surface area (Å²) < 4.78 is 0. The van der Waals surface area contributed by atoms with E-state index < -0.39 is 0 Å². The standard InChI is InChI=1S/C8H11NOS.ClH/c1-6(9-2)8(10)7-4-3-5-11-7;/h3-6,9H,1-2H3;1H. The molecular weight excluding hydrogens is 194 g/mol. The molecule has 12 heavy (non-hydrogen) atoms. The molecule has 0 bridgehead atoms. The van der Waals surface area contributed by atoms with E-state index >= 15 is 0 Å². The number of carbonyl (C=O) groups is 1. The predicted molar refractivity (Wildman–Crippen MR) is 54.4 cm³/mol. The minimum absolute atomic E-state index is 0. The van der Waals surface area contributed by atoms with Gasteiger partial charge in [0.1, 0.15) is 0 Å². The van der Waals surface area contributed by atoms with Gasteiger partial charge in [-0.2, -0.15) is 0 Å². The topological polar surface area (TPSA) is 29.1 Å². The number of carbonyl (C=O) groups excluding carboxylic acids is 1. The van der Waals surface area contributed by atoms with E-state index in [4.69, 9.17) is 0 Å². The maximum absolute atomic E-state index is 11.4. The van der Waals surface area contributed by atoms with Crippen molar-refractivity contribution < 1.29 is 4.79 Å². The fourth-order valence-corrected chi connectivity index (χ4v) is 1.52. The van der Waals surface area contributed by atoms with Gasteiger partial charge in [-0.3, -0.25) is 4.79 Å². The summed E-state index contributed by atoms with van der Waals surface area (Å²) in [6.07, 6.45) is 0. The molecule has 2 nitrogen and oxygen atoms in total. The lowest BCUT2D eigenvalue weighted by molar-refractivity contribution is 0.0959. The molecule has 1 aromatic rings. The second-order valence-electron chi connectivity index (χ2n) is 2.35. The van der Waals surface area contributed by atoms with Gasteiger partial charge in [-0.25, -0.2) is 0 Å². The third-order valence-corrected chi connectivity index (χ3v) is 2.47. The van der Waals surface area contributed by atoms with E-state index in [9.17, 15) is 4.79 Å². The smallest absolute Gasteiger partial charge is 0.189 e. The molecule has 1 atom stereocenters. The van der Waals surface area contributed by atoms with E-state index in [1.165, 1.54) is 11.3 Å². The van der Waals surface area contributed by atoms with Gasteiger partial charge in [-0.05, 0) is 25.4 Å². The van der Waals surface area contributed by atoms with Gasteiger partial charge in [0.2, 0.25) is 0 Å². The van der Waals surface area contributed by atoms with Gasteiger partial charge in [0.25, 0.3) is 0 Å². The minimum Gasteiger partial charge on any atom is -0.310 e. The van der Waals surface area contributed by atoms with Gasteiger partial charge in [-0.1, -0.05) is 6.07 Å². The molecule has 0 aliphatic carbocycles. The third kappa shape index (κ3) is 2.59. The molecule has 0 fully saturated rings. The number of Topliss-reactive ketones (excluding diaryl/α,β-unsaturated/α-hetero) is 1. The van der Waals surface area contributed by atoms with Crippen molar-refractivity contribution in [3.63, 3.8) is 0 Å². The molecule has 0 saturated heterocycles. The van der Waals surface area contributed by atoms with E-state index in [0.29, 0.717) is 0 Å². The van der Waals surface area contributed by atoms with Gasteiger partial charge < -0.3 is 5.32 Å². The zero-order chi connectivity index (χ0) is 8.27. The molecule has 0 saturated carbocycles. The van der Waals surface area contributed by atoms with Gasteiger partial charge in [0, 0.05) is 0 Å². The Labute approximate surface area is 82.4 Å². The number of halogens is 1. The Morgan fingerprint density at radius 3 is 2.75 bits per heavy atom. The highest BCUT2D eigenvalue weighted by atomic mass is 35.5. The molecule has 4 heteroatoms. The molecule has 0 aromatic carbocycles. The Balaban J connectivity index is 0.00000121. The Morgan fingerprint density at radius 2 is 2.33 bits per heavy atom. The number of thiophene rings is 1. The molecule has 68 valence electrons. The van der Waals surface area contributed by atoms with Crippen LogP contribution in [0.3, 0.4) is 0 Å². The Kier molecular flexibility index (Phi) is 5.13. The second kappa shape index (κ2) is 5.30. The molecule has 0 amide bonds. The number of hydrogen-bond acceptors (Lipinski definition) is 3. The first-order valence-electron chi connectivity index (χ1n) is 3.50. The molecular formula is C8H12ClNOS. The third-order valence-electron chi connectivity index (χ3n) is 1.59. The second-order valence-corrected chi connectivity index (χ2v) is 3.30. The summed E-state index contributed by atoms with van der Waals surface area (Å²) in [4.78, 5) is 12.2. The summed E-state index contributed by atoms with van der Waals surface area (Å²) in [6.45, 7) is 1.86. The van der Waals surface area contributed by atoms with E-state index in [0.717, 1.165) is 4.88 Å². The Morgan fingerprint density at radius 1 is 1.67 bits per heavy atom. The van der Waals surface area contributed by atoms with Crippen molar-refractivity contribution in [1.82, 2.24) is 5.32 Å². The van der Waals surface area contributed by atoms with Gasteiger partial charge >= 0.3 is 0 Å². The van der Waals surface area contributed by atoms with Crippen molar-refractivity contribution in [1.29, 1.82) is 0 Å². The van der Waals surface area contributed by atoms with Crippen LogP contribution in [0.4, 0.5) is 0 Å². The quantitative estimate of drug-likeness (QED) is 0.765. The monoisotopic (exact) mass is 205 g/mol. The van der Waals surface area contributed by atoms with Gasteiger partial charge in [0.15, 0.2) is 5.78 Å². The molecule has 0 aliphatic heterocycles. The average molecular weight is 206 g/mol. The SMILES string of the molecule is CNC(C)C(=O)c1cccs1.Cl. The van der Waals surface area contributed by atoms with Gasteiger partial charge in [0.05, 0.1) is 10.9 Å². The summed E-state index contributed by atoms with van der Waals surface area (Å²) in [6, 6.07) is 3.66. The van der Waals surface area contributed by atoms with Crippen molar-refractivity contribution in [2.24, 2.45) is 0 Å². The summed E-state index contributed by atoms with van der Waals surface area (Å²) in [5, 5.41) is 4.82. The zero-order valence-electron chi connectivity index (χ0n) is 7.03. The highest BCUT2D eigenvalue weighted by Gasteiger charge is 2.12. The first-order valence-corrected chi connectivity index (χ1v) is 4.38. The zero-order valence-corrected chi connectivity index (χ0v) is 8.67. The van der Waals surface area contributed by atoms with E-state index in [1.54, 1.807) is 7.05 Å². The van der Waals surface area contributed by atoms with Gasteiger partial charge in [-0.15, -0.1) is 23.7 Å². The van der Waals surface area contributed by atoms with Crippen molar-refractivity contribution >= 4 is 29.5 Å². The first kappa shape index (κ1) is 11.6. The maximum Gasteiger partial charge on any atom is 0.189 e. The van der Waals surface area contributed by atoms with Crippen molar-refractivity contribution in [3.05, 3.63) is 22.4 Å². The maximum atomic E-state index is 11.4. The fourth-order valence-electron chi connectivity index (χ4n) is 0.763. The fraction of sp³-hybridized carbons (Fsp3) is 0.375. The highest BCUT2D eigenvalue weighted by Crippen LogP contribution is 2.10. The molecule has 0 radical (unpaired) electrons. The lowest BCUT2D eigenvalue weighted by atomic mass is 10.2. The largest absolute Gasteiger partial charge is 0.310 e. The highest BCUT2D eigenvalue weighted by molar-refractivity contribution is 7.12. The van der Waals surface area contributed by atoms with Crippen molar-refractivity contribution in [3.8, 4) is 0 Å². The van der Waals surface area contributed by atoms with Crippen molar-refractivity contribution in [2.45, 2.75) is 13.0 Å². The molecule has 1 aromatic heterocycles. The first-order chi connectivity index (χ1) is 5.25. The normalized spacial score (nSPS) is 11.8. The van der Waals surface area contributed by atoms with Crippen LogP contribution in [0.1, 0.15) is 16.6 Å². The van der Waals surface area contributed by atoms with Crippen LogP contribution >= 0.6 is 23.7 Å². The van der Waals surface area contributed by atoms with Crippen LogP contribution in [0, 0.1) is 0 Å². The predicted octanol–water partition coefficient (Wildman–Crippen LogP) is 1.96. The van der Waals surface area contributed by atoms with Crippen LogP contribution in [0.2, 0.25) is 0 Å². The van der Waals surface area contributed by atoms with Crippen LogP contribution in [-0.4, -0.2) is 18.9 Å². The number of hydrogen-bond donors (Lipinski definition) is 1. The molecule has 1 unspecified atom stereocenters. The lowest BCUT2D eigenvalue weighted by Gasteiger charge is -2.05. The summed E-state index contributed by atoms with van der Waals surface area (Å²) in [7, 11) is 1.79. The Bertz CT molecular complexity index is 235. The van der Waals surface area contributed by atoms with Crippen LogP contribution in [0.5, 0.6) is 0 Å². The van der Waals surface area contributed by atoms with E-state index in [2.05, 4.69) is 5.32 Å². The number of nitrogens with one attached hydrogen (secondary N) is 1.